The molecule has 3 aromatic carbocycles. The van der Waals surface area contributed by atoms with E-state index >= 15 is 0 Å². The van der Waals surface area contributed by atoms with E-state index < -0.39 is 28.5 Å². The lowest BCUT2D eigenvalue weighted by Crippen LogP contribution is -2.52. The number of unbranched alkanes of at least 4 members (excludes halogenated alkanes) is 1. The van der Waals surface area contributed by atoms with Gasteiger partial charge < -0.3 is 10.2 Å². The van der Waals surface area contributed by atoms with Crippen molar-refractivity contribution in [2.75, 3.05) is 17.4 Å². The predicted molar refractivity (Wildman–Crippen MR) is 161 cm³/mol. The summed E-state index contributed by atoms with van der Waals surface area (Å²) < 4.78 is 29.1. The van der Waals surface area contributed by atoms with E-state index in [1.54, 1.807) is 54.6 Å². The van der Waals surface area contributed by atoms with Crippen LogP contribution in [0.4, 0.5) is 5.69 Å². The lowest BCUT2D eigenvalue weighted by atomic mass is 10.1. The van der Waals surface area contributed by atoms with Gasteiger partial charge in [0.15, 0.2) is 0 Å². The van der Waals surface area contributed by atoms with E-state index in [4.69, 9.17) is 11.6 Å². The molecule has 1 N–H and O–H groups in total. The summed E-state index contributed by atoms with van der Waals surface area (Å²) in [4.78, 5) is 28.9. The van der Waals surface area contributed by atoms with E-state index in [0.29, 0.717) is 30.1 Å². The number of carbonyl (C=O) groups is 2. The first-order valence-electron chi connectivity index (χ1n) is 13.7. The largest absolute Gasteiger partial charge is 0.354 e. The molecule has 0 aliphatic carbocycles. The Hall–Kier alpha value is -3.36. The van der Waals surface area contributed by atoms with Gasteiger partial charge in [-0.25, -0.2) is 8.42 Å². The average molecular weight is 584 g/mol. The van der Waals surface area contributed by atoms with Gasteiger partial charge in [0.05, 0.1) is 10.6 Å². The molecule has 214 valence electrons. The zero-order valence-corrected chi connectivity index (χ0v) is 24.9. The fourth-order valence-corrected chi connectivity index (χ4v) is 6.10. The molecule has 0 bridgehead atoms. The molecule has 0 spiro atoms. The molecule has 0 radical (unpaired) electrons. The van der Waals surface area contributed by atoms with Crippen molar-refractivity contribution in [3.63, 3.8) is 0 Å². The van der Waals surface area contributed by atoms with Gasteiger partial charge in [-0.2, -0.15) is 0 Å². The minimum atomic E-state index is -4.10. The average Bonchev–Trinajstić information content (AvgIpc) is 2.97. The molecule has 0 aromatic heterocycles. The van der Waals surface area contributed by atoms with Crippen LogP contribution in [0.2, 0.25) is 5.02 Å². The number of halogens is 1. The van der Waals surface area contributed by atoms with Gasteiger partial charge in [-0.3, -0.25) is 13.9 Å². The summed E-state index contributed by atoms with van der Waals surface area (Å²) >= 11 is 6.08. The Kier molecular flexibility index (Phi) is 11.6. The number of carbonyl (C=O) groups excluding carboxylic acids is 2. The number of rotatable bonds is 14. The maximum atomic E-state index is 14.1. The molecule has 9 heteroatoms. The zero-order valence-electron chi connectivity index (χ0n) is 23.3. The number of aryl methyl sites for hydroxylation is 1. The first kappa shape index (κ1) is 31.2. The molecule has 0 unspecified atom stereocenters. The Morgan fingerprint density at radius 1 is 0.900 bits per heavy atom. The van der Waals surface area contributed by atoms with E-state index in [1.807, 2.05) is 32.9 Å². The molecule has 0 aliphatic rings. The topological polar surface area (TPSA) is 86.8 Å². The number of amides is 2. The lowest BCUT2D eigenvalue weighted by Gasteiger charge is -2.33. The van der Waals surface area contributed by atoms with Gasteiger partial charge >= 0.3 is 0 Å². The Morgan fingerprint density at radius 3 is 2.17 bits per heavy atom. The molecular weight excluding hydrogens is 546 g/mol. The second-order valence-electron chi connectivity index (χ2n) is 9.52. The molecule has 3 rings (SSSR count). The van der Waals surface area contributed by atoms with Crippen molar-refractivity contribution in [1.29, 1.82) is 0 Å². The Morgan fingerprint density at radius 2 is 1.55 bits per heavy atom. The second kappa shape index (κ2) is 14.9. The van der Waals surface area contributed by atoms with Gasteiger partial charge in [0, 0.05) is 18.1 Å². The van der Waals surface area contributed by atoms with Crippen LogP contribution in [0.5, 0.6) is 0 Å². The number of benzene rings is 3. The van der Waals surface area contributed by atoms with Gasteiger partial charge in [-0.05, 0) is 60.7 Å². The summed E-state index contributed by atoms with van der Waals surface area (Å²) in [5.41, 5.74) is 2.02. The standard InChI is InChI=1S/C31H38ClN3O4S/c1-4-7-21-33-31(37)28(6-3)34(22-24-17-19-26(32)20-18-24)30(36)23-35(29-16-12-11-13-25(29)5-2)40(38,39)27-14-9-8-10-15-27/h8-20,28H,4-7,21-23H2,1-3H3,(H,33,37)/t28-/m1/s1. The maximum Gasteiger partial charge on any atom is 0.264 e. The van der Waals surface area contributed by atoms with Crippen LogP contribution in [0, 0.1) is 0 Å². The maximum absolute atomic E-state index is 14.1. The third-order valence-corrected chi connectivity index (χ3v) is 8.76. The van der Waals surface area contributed by atoms with Crippen molar-refractivity contribution in [2.24, 2.45) is 0 Å². The smallest absolute Gasteiger partial charge is 0.264 e. The Bertz CT molecular complexity index is 1360. The quantitative estimate of drug-likeness (QED) is 0.242. The van der Waals surface area contributed by atoms with E-state index in [2.05, 4.69) is 5.32 Å². The fourth-order valence-electron chi connectivity index (χ4n) is 4.50. The van der Waals surface area contributed by atoms with Gasteiger partial charge in [0.1, 0.15) is 12.6 Å². The van der Waals surface area contributed by atoms with Crippen molar-refractivity contribution >= 4 is 39.1 Å². The van der Waals surface area contributed by atoms with Crippen LogP contribution in [0.25, 0.3) is 0 Å². The minimum Gasteiger partial charge on any atom is -0.354 e. The molecule has 0 fully saturated rings. The lowest BCUT2D eigenvalue weighted by molar-refractivity contribution is -0.140. The second-order valence-corrected chi connectivity index (χ2v) is 11.8. The number of anilines is 1. The fraction of sp³-hybridized carbons (Fsp3) is 0.355. The Balaban J connectivity index is 2.05. The molecule has 0 saturated heterocycles. The van der Waals surface area contributed by atoms with Crippen LogP contribution in [0.3, 0.4) is 0 Å². The van der Waals surface area contributed by atoms with Crippen LogP contribution in [-0.4, -0.2) is 44.3 Å². The van der Waals surface area contributed by atoms with Crippen molar-refractivity contribution in [1.82, 2.24) is 10.2 Å². The van der Waals surface area contributed by atoms with Crippen molar-refractivity contribution in [2.45, 2.75) is 63.9 Å². The molecule has 1 atom stereocenters. The Labute approximate surface area is 243 Å². The SMILES string of the molecule is CCCCNC(=O)[C@@H](CC)N(Cc1ccc(Cl)cc1)C(=O)CN(c1ccccc1CC)S(=O)(=O)c1ccccc1. The monoisotopic (exact) mass is 583 g/mol. The summed E-state index contributed by atoms with van der Waals surface area (Å²) in [5, 5.41) is 3.50. The van der Waals surface area contributed by atoms with Gasteiger partial charge in [-0.15, -0.1) is 0 Å². The number of hydrogen-bond donors (Lipinski definition) is 1. The molecule has 0 aliphatic heterocycles. The van der Waals surface area contributed by atoms with Crippen LogP contribution in [-0.2, 0) is 32.6 Å². The summed E-state index contributed by atoms with van der Waals surface area (Å²) in [7, 11) is -4.10. The molecular formula is C31H38ClN3O4S. The van der Waals surface area contributed by atoms with Crippen LogP contribution < -0.4 is 9.62 Å². The number of hydrogen-bond acceptors (Lipinski definition) is 4. The van der Waals surface area contributed by atoms with Crippen LogP contribution in [0.1, 0.15) is 51.2 Å². The van der Waals surface area contributed by atoms with E-state index in [0.717, 1.165) is 24.0 Å². The van der Waals surface area contributed by atoms with Gasteiger partial charge in [-0.1, -0.05) is 87.3 Å². The molecule has 0 saturated carbocycles. The summed E-state index contributed by atoms with van der Waals surface area (Å²) in [5.74, 6) is -0.734. The highest BCUT2D eigenvalue weighted by Crippen LogP contribution is 2.28. The van der Waals surface area contributed by atoms with E-state index in [-0.39, 0.29) is 17.3 Å². The number of nitrogens with zero attached hydrogens (tertiary/aromatic N) is 2. The minimum absolute atomic E-state index is 0.0855. The first-order valence-corrected chi connectivity index (χ1v) is 15.5. The van der Waals surface area contributed by atoms with Crippen molar-refractivity contribution in [3.05, 3.63) is 95.0 Å². The normalized spacial score (nSPS) is 12.0. The van der Waals surface area contributed by atoms with Crippen molar-refractivity contribution in [3.8, 4) is 0 Å². The van der Waals surface area contributed by atoms with E-state index in [1.165, 1.54) is 21.3 Å². The highest BCUT2D eigenvalue weighted by molar-refractivity contribution is 7.92. The molecule has 2 amide bonds. The predicted octanol–water partition coefficient (Wildman–Crippen LogP) is 5.82. The third-order valence-electron chi connectivity index (χ3n) is 6.73. The number of sulfonamides is 1. The number of nitrogens with one attached hydrogen (secondary N) is 1. The highest BCUT2D eigenvalue weighted by Gasteiger charge is 2.34. The summed E-state index contributed by atoms with van der Waals surface area (Å²) in [6.07, 6.45) is 2.70. The zero-order chi connectivity index (χ0) is 29.1. The molecule has 3 aromatic rings. The highest BCUT2D eigenvalue weighted by atomic mass is 35.5. The summed E-state index contributed by atoms with van der Waals surface area (Å²) in [6, 6.07) is 21.5. The van der Waals surface area contributed by atoms with E-state index in [9.17, 15) is 18.0 Å². The first-order chi connectivity index (χ1) is 19.2. The third kappa shape index (κ3) is 7.86. The number of para-hydroxylation sites is 1. The van der Waals surface area contributed by atoms with Crippen molar-refractivity contribution < 1.29 is 18.0 Å². The summed E-state index contributed by atoms with van der Waals surface area (Å²) in [6.45, 7) is 6.00. The van der Waals surface area contributed by atoms with Gasteiger partial charge in [0.25, 0.3) is 10.0 Å². The van der Waals surface area contributed by atoms with Crippen LogP contribution in [0.15, 0.2) is 83.8 Å². The molecule has 0 heterocycles. The van der Waals surface area contributed by atoms with Crippen LogP contribution >= 0.6 is 11.6 Å². The van der Waals surface area contributed by atoms with Gasteiger partial charge in [0.2, 0.25) is 11.8 Å². The molecule has 7 nitrogen and oxygen atoms in total. The molecule has 40 heavy (non-hydrogen) atoms.